The quantitative estimate of drug-likeness (QED) is 0.694. The molecule has 1 aromatic heterocycles. The predicted molar refractivity (Wildman–Crippen MR) is 99.1 cm³/mol. The van der Waals surface area contributed by atoms with E-state index in [1.807, 2.05) is 0 Å². The van der Waals surface area contributed by atoms with Gasteiger partial charge in [-0.25, -0.2) is 0 Å². The molecule has 125 valence electrons. The smallest absolute Gasteiger partial charge is 0.260 e. The number of aromatic nitrogens is 1. The van der Waals surface area contributed by atoms with E-state index in [-0.39, 0.29) is 28.6 Å². The number of carbonyl (C=O) groups excluding carboxylic acids is 1. The van der Waals surface area contributed by atoms with E-state index in [0.29, 0.717) is 22.3 Å². The SMILES string of the molecule is [B][B]c1ccc(O)c(C)c1-n1c(N)c(C(N)=O)cc(C2CCC2)c1=O. The average Bonchev–Trinajstić information content (AvgIpc) is 2.52. The van der Waals surface area contributed by atoms with Crippen LogP contribution in [0.3, 0.4) is 0 Å². The molecule has 1 amide bonds. The van der Waals surface area contributed by atoms with Gasteiger partial charge in [-0.3, -0.25) is 14.2 Å². The van der Waals surface area contributed by atoms with E-state index in [9.17, 15) is 14.7 Å². The molecule has 2 aromatic rings. The zero-order chi connectivity index (χ0) is 18.3. The monoisotopic (exact) mass is 334 g/mol. The number of rotatable bonds is 4. The summed E-state index contributed by atoms with van der Waals surface area (Å²) in [4.78, 5) is 25.0. The summed E-state index contributed by atoms with van der Waals surface area (Å²) in [7, 11) is 7.01. The van der Waals surface area contributed by atoms with Crippen LogP contribution in [0.1, 0.15) is 46.7 Å². The molecule has 6 nitrogen and oxygen atoms in total. The molecule has 0 atom stereocenters. The van der Waals surface area contributed by atoms with Crippen LogP contribution in [0.25, 0.3) is 5.69 Å². The number of phenolic OH excluding ortho intramolecular Hbond substituents is 1. The maximum atomic E-state index is 13.1. The molecule has 3 radical (unpaired) electrons. The summed E-state index contributed by atoms with van der Waals surface area (Å²) in [5.41, 5.74) is 13.2. The van der Waals surface area contributed by atoms with Gasteiger partial charge in [0.1, 0.15) is 11.6 Å². The van der Waals surface area contributed by atoms with Gasteiger partial charge in [-0.15, -0.1) is 0 Å². The molecule has 0 saturated heterocycles. The number of nitrogens with zero attached hydrogens (tertiary/aromatic N) is 1. The highest BCUT2D eigenvalue weighted by Crippen LogP contribution is 2.36. The van der Waals surface area contributed by atoms with Crippen molar-refractivity contribution in [3.63, 3.8) is 0 Å². The van der Waals surface area contributed by atoms with Crippen LogP contribution in [0.5, 0.6) is 5.75 Å². The van der Waals surface area contributed by atoms with Gasteiger partial charge in [0.15, 0.2) is 0 Å². The van der Waals surface area contributed by atoms with Gasteiger partial charge in [-0.1, -0.05) is 17.9 Å². The zero-order valence-electron chi connectivity index (χ0n) is 14.0. The number of phenols is 1. The van der Waals surface area contributed by atoms with Crippen molar-refractivity contribution < 1.29 is 9.90 Å². The van der Waals surface area contributed by atoms with Gasteiger partial charge in [0.05, 0.1) is 18.4 Å². The number of benzene rings is 1. The Bertz CT molecular complexity index is 920. The van der Waals surface area contributed by atoms with Crippen molar-refractivity contribution in [1.29, 1.82) is 0 Å². The summed E-state index contributed by atoms with van der Waals surface area (Å²) in [6.07, 6.45) is 2.80. The number of anilines is 1. The van der Waals surface area contributed by atoms with Crippen LogP contribution in [0.2, 0.25) is 0 Å². The summed E-state index contributed by atoms with van der Waals surface area (Å²) in [5.74, 6) is -0.678. The first kappa shape index (κ1) is 17.2. The Morgan fingerprint density at radius 2 is 2.08 bits per heavy atom. The fraction of sp³-hybridized carbons (Fsp3) is 0.294. The minimum atomic E-state index is -0.706. The van der Waals surface area contributed by atoms with Gasteiger partial charge in [0.25, 0.3) is 11.5 Å². The van der Waals surface area contributed by atoms with Crippen LogP contribution in [-0.2, 0) is 0 Å². The lowest BCUT2D eigenvalue weighted by atomic mass is 9.50. The fourth-order valence-corrected chi connectivity index (χ4v) is 3.22. The number of aromatic hydroxyl groups is 1. The summed E-state index contributed by atoms with van der Waals surface area (Å²) in [5, 5.41) is 10.1. The van der Waals surface area contributed by atoms with Gasteiger partial charge < -0.3 is 16.6 Å². The van der Waals surface area contributed by atoms with Gasteiger partial charge in [-0.05, 0) is 37.8 Å². The number of hydrogen-bond acceptors (Lipinski definition) is 4. The van der Waals surface area contributed by atoms with Crippen molar-refractivity contribution in [2.75, 3.05) is 5.73 Å². The fourth-order valence-electron chi connectivity index (χ4n) is 3.22. The molecule has 1 heterocycles. The lowest BCUT2D eigenvalue weighted by molar-refractivity contribution is 0.100. The van der Waals surface area contributed by atoms with E-state index in [4.69, 9.17) is 19.2 Å². The van der Waals surface area contributed by atoms with Crippen LogP contribution in [0, 0.1) is 6.92 Å². The first-order chi connectivity index (χ1) is 11.9. The molecule has 5 N–H and O–H groups in total. The molecule has 25 heavy (non-hydrogen) atoms. The molecular weight excluding hydrogens is 316 g/mol. The highest BCUT2D eigenvalue weighted by atomic mass is 16.3. The largest absolute Gasteiger partial charge is 0.508 e. The van der Waals surface area contributed by atoms with Crippen LogP contribution in [0.4, 0.5) is 5.82 Å². The summed E-state index contributed by atoms with van der Waals surface area (Å²) >= 11 is 0. The Kier molecular flexibility index (Phi) is 4.37. The predicted octanol–water partition coefficient (Wildman–Crippen LogP) is 0.213. The molecule has 0 spiro atoms. The number of carbonyl (C=O) groups is 1. The third-order valence-electron chi connectivity index (χ3n) is 4.91. The third kappa shape index (κ3) is 2.71. The molecule has 1 fully saturated rings. The molecule has 1 aliphatic rings. The topological polar surface area (TPSA) is 111 Å². The molecule has 1 aliphatic carbocycles. The Balaban J connectivity index is 2.40. The molecule has 8 heteroatoms. The lowest BCUT2D eigenvalue weighted by Gasteiger charge is -2.27. The Labute approximate surface area is 147 Å². The van der Waals surface area contributed by atoms with E-state index in [2.05, 4.69) is 0 Å². The molecule has 0 unspecified atom stereocenters. The van der Waals surface area contributed by atoms with Gasteiger partial charge in [0.2, 0.25) is 0 Å². The van der Waals surface area contributed by atoms with E-state index in [1.54, 1.807) is 13.0 Å². The molecule has 1 saturated carbocycles. The van der Waals surface area contributed by atoms with Crippen molar-refractivity contribution in [3.8, 4) is 11.4 Å². The Hall–Kier alpha value is -2.63. The highest BCUT2D eigenvalue weighted by Gasteiger charge is 2.27. The van der Waals surface area contributed by atoms with Crippen molar-refractivity contribution in [1.82, 2.24) is 4.57 Å². The van der Waals surface area contributed by atoms with Crippen LogP contribution >= 0.6 is 0 Å². The zero-order valence-corrected chi connectivity index (χ0v) is 14.0. The lowest BCUT2D eigenvalue weighted by Crippen LogP contribution is -2.35. The Morgan fingerprint density at radius 3 is 2.60 bits per heavy atom. The third-order valence-corrected chi connectivity index (χ3v) is 4.91. The minimum absolute atomic E-state index is 0.00146. The Morgan fingerprint density at radius 1 is 1.40 bits per heavy atom. The summed E-state index contributed by atoms with van der Waals surface area (Å²) in [6, 6.07) is 4.58. The number of nitrogens with two attached hydrogens (primary N) is 2. The van der Waals surface area contributed by atoms with E-state index < -0.39 is 5.91 Å². The van der Waals surface area contributed by atoms with Crippen molar-refractivity contribution in [2.24, 2.45) is 5.73 Å². The maximum Gasteiger partial charge on any atom is 0.260 e. The average molecular weight is 334 g/mol. The maximum absolute atomic E-state index is 13.1. The first-order valence-corrected chi connectivity index (χ1v) is 8.10. The van der Waals surface area contributed by atoms with Crippen molar-refractivity contribution >= 4 is 32.1 Å². The van der Waals surface area contributed by atoms with E-state index >= 15 is 0 Å². The normalized spacial score (nSPS) is 14.1. The van der Waals surface area contributed by atoms with Crippen molar-refractivity contribution in [2.45, 2.75) is 32.1 Å². The second kappa shape index (κ2) is 6.35. The molecule has 0 bridgehead atoms. The standard InChI is InChI=1S/C17H18B2N3O3/c1-8-13(23)6-5-12(19-18)14(8)22-15(20)11(16(21)24)7-10(17(22)25)9-3-2-4-9/h5-7,9,23H,2-4,20H2,1H3,(H2,21,24). The van der Waals surface area contributed by atoms with E-state index in [0.717, 1.165) is 19.3 Å². The summed E-state index contributed by atoms with van der Waals surface area (Å²) < 4.78 is 1.24. The van der Waals surface area contributed by atoms with Gasteiger partial charge in [-0.2, -0.15) is 0 Å². The van der Waals surface area contributed by atoms with Crippen LogP contribution in [0.15, 0.2) is 23.0 Å². The number of amides is 1. The number of hydrogen-bond donors (Lipinski definition) is 3. The molecule has 1 aromatic carbocycles. The molecular formula is C17H18B2N3O3. The van der Waals surface area contributed by atoms with E-state index in [1.165, 1.54) is 23.9 Å². The molecule has 0 aliphatic heterocycles. The second-order valence-corrected chi connectivity index (χ2v) is 6.35. The number of nitrogen functional groups attached to an aromatic ring is 1. The highest BCUT2D eigenvalue weighted by molar-refractivity contribution is 6.98. The van der Waals surface area contributed by atoms with Crippen molar-refractivity contribution in [3.05, 3.63) is 45.2 Å². The minimum Gasteiger partial charge on any atom is -0.508 e. The van der Waals surface area contributed by atoms with Gasteiger partial charge in [0, 0.05) is 18.9 Å². The molecule has 3 rings (SSSR count). The second-order valence-electron chi connectivity index (χ2n) is 6.35. The first-order valence-electron chi connectivity index (χ1n) is 8.10. The van der Waals surface area contributed by atoms with Gasteiger partial charge >= 0.3 is 0 Å². The van der Waals surface area contributed by atoms with Crippen LogP contribution < -0.4 is 22.5 Å². The number of primary amides is 1. The number of pyridine rings is 1. The van der Waals surface area contributed by atoms with Crippen LogP contribution in [-0.4, -0.2) is 30.5 Å². The summed E-state index contributed by atoms with van der Waals surface area (Å²) in [6.45, 7) is 1.66.